The molecule has 0 fully saturated rings. The van der Waals surface area contributed by atoms with Crippen LogP contribution in [0.25, 0.3) is 11.3 Å². The van der Waals surface area contributed by atoms with E-state index in [1.807, 2.05) is 0 Å². The average molecular weight is 436 g/mol. The molecule has 0 bridgehead atoms. The minimum atomic E-state index is -4.93. The van der Waals surface area contributed by atoms with E-state index in [1.165, 1.54) is 18.2 Å². The van der Waals surface area contributed by atoms with Crippen LogP contribution in [0, 0.1) is 18.3 Å². The Balaban J connectivity index is 2.21. The summed E-state index contributed by atoms with van der Waals surface area (Å²) in [5.41, 5.74) is -3.21. The van der Waals surface area contributed by atoms with E-state index in [4.69, 9.17) is 0 Å². The monoisotopic (exact) mass is 436 g/mol. The molecule has 0 spiro atoms. The zero-order valence-corrected chi connectivity index (χ0v) is 16.0. The molecule has 0 N–H and O–H groups in total. The molecular formula is C22H14F6N2O. The molecule has 0 saturated heterocycles. The van der Waals surface area contributed by atoms with Crippen molar-refractivity contribution in [3.8, 4) is 17.3 Å². The molecule has 0 radical (unpaired) electrons. The summed E-state index contributed by atoms with van der Waals surface area (Å²) in [6.45, 7) is 1.46. The van der Waals surface area contributed by atoms with Gasteiger partial charge in [-0.3, -0.25) is 4.79 Å². The molecule has 9 heteroatoms. The van der Waals surface area contributed by atoms with Crippen LogP contribution in [0.3, 0.4) is 0 Å². The highest BCUT2D eigenvalue weighted by Crippen LogP contribution is 2.34. The van der Waals surface area contributed by atoms with Crippen LogP contribution in [0.15, 0.2) is 59.4 Å². The highest BCUT2D eigenvalue weighted by molar-refractivity contribution is 5.63. The molecule has 0 amide bonds. The smallest absolute Gasteiger partial charge is 0.303 e. The molecule has 0 saturated carbocycles. The number of benzene rings is 2. The second-order valence-electron chi connectivity index (χ2n) is 6.88. The number of hydrogen-bond donors (Lipinski definition) is 0. The SMILES string of the molecule is Cc1ccc(-c2cc(C(F)(F)F)c(C#N)c(=O)n2Cc2ccc(C(F)(F)F)cc2)cc1. The number of nitriles is 1. The molecule has 0 atom stereocenters. The third-order valence-corrected chi connectivity index (χ3v) is 4.69. The van der Waals surface area contributed by atoms with Crippen LogP contribution >= 0.6 is 0 Å². The lowest BCUT2D eigenvalue weighted by molar-refractivity contribution is -0.138. The summed E-state index contributed by atoms with van der Waals surface area (Å²) in [5, 5.41) is 9.19. The van der Waals surface area contributed by atoms with Gasteiger partial charge in [0.1, 0.15) is 11.6 Å². The number of alkyl halides is 6. The van der Waals surface area contributed by atoms with Crippen LogP contribution in [-0.2, 0) is 18.9 Å². The number of aromatic nitrogens is 1. The van der Waals surface area contributed by atoms with Gasteiger partial charge in [0.05, 0.1) is 23.4 Å². The van der Waals surface area contributed by atoms with Crippen molar-refractivity contribution in [3.05, 3.63) is 92.8 Å². The lowest BCUT2D eigenvalue weighted by atomic mass is 10.0. The third kappa shape index (κ3) is 4.63. The highest BCUT2D eigenvalue weighted by Gasteiger charge is 2.36. The number of aryl methyl sites for hydroxylation is 1. The van der Waals surface area contributed by atoms with Gasteiger partial charge in [-0.25, -0.2) is 0 Å². The van der Waals surface area contributed by atoms with Crippen molar-refractivity contribution in [2.24, 2.45) is 0 Å². The van der Waals surface area contributed by atoms with Gasteiger partial charge < -0.3 is 4.57 Å². The van der Waals surface area contributed by atoms with E-state index in [2.05, 4.69) is 0 Å². The van der Waals surface area contributed by atoms with Gasteiger partial charge in [-0.2, -0.15) is 31.6 Å². The maximum absolute atomic E-state index is 13.5. The van der Waals surface area contributed by atoms with Crippen molar-refractivity contribution in [1.29, 1.82) is 5.26 Å². The summed E-state index contributed by atoms with van der Waals surface area (Å²) >= 11 is 0. The van der Waals surface area contributed by atoms with Crippen LogP contribution in [-0.4, -0.2) is 4.57 Å². The van der Waals surface area contributed by atoms with Crippen LogP contribution in [0.1, 0.15) is 27.8 Å². The molecule has 31 heavy (non-hydrogen) atoms. The van der Waals surface area contributed by atoms with Crippen LogP contribution in [0.4, 0.5) is 26.3 Å². The number of pyridine rings is 1. The lowest BCUT2D eigenvalue weighted by Gasteiger charge is -2.18. The Labute approximate surface area is 172 Å². The second kappa shape index (κ2) is 7.95. The van der Waals surface area contributed by atoms with Gasteiger partial charge >= 0.3 is 12.4 Å². The van der Waals surface area contributed by atoms with Gasteiger partial charge in [0.25, 0.3) is 5.56 Å². The third-order valence-electron chi connectivity index (χ3n) is 4.69. The Kier molecular flexibility index (Phi) is 5.68. The fourth-order valence-electron chi connectivity index (χ4n) is 3.08. The quantitative estimate of drug-likeness (QED) is 0.489. The zero-order valence-electron chi connectivity index (χ0n) is 16.0. The maximum atomic E-state index is 13.5. The van der Waals surface area contributed by atoms with Crippen molar-refractivity contribution in [1.82, 2.24) is 4.57 Å². The van der Waals surface area contributed by atoms with Gasteiger partial charge in [-0.05, 0) is 36.2 Å². The first-order valence-electron chi connectivity index (χ1n) is 8.90. The molecule has 3 rings (SSSR count). The van der Waals surface area contributed by atoms with Crippen LogP contribution in [0.2, 0.25) is 0 Å². The normalized spacial score (nSPS) is 11.9. The first-order chi connectivity index (χ1) is 14.4. The number of hydrogen-bond acceptors (Lipinski definition) is 2. The van der Waals surface area contributed by atoms with Gasteiger partial charge in [-0.15, -0.1) is 0 Å². The van der Waals surface area contributed by atoms with Crippen molar-refractivity contribution in [3.63, 3.8) is 0 Å². The predicted molar refractivity (Wildman–Crippen MR) is 101 cm³/mol. The average Bonchev–Trinajstić information content (AvgIpc) is 2.69. The minimum absolute atomic E-state index is 0.101. The summed E-state index contributed by atoms with van der Waals surface area (Å²) in [6.07, 6.45) is -9.48. The zero-order chi connectivity index (χ0) is 23.0. The summed E-state index contributed by atoms with van der Waals surface area (Å²) in [7, 11) is 0. The molecule has 160 valence electrons. The van der Waals surface area contributed by atoms with Gasteiger partial charge in [0.15, 0.2) is 0 Å². The number of rotatable bonds is 3. The Hall–Kier alpha value is -3.54. The summed E-state index contributed by atoms with van der Waals surface area (Å²) in [6, 6.07) is 12.3. The van der Waals surface area contributed by atoms with E-state index < -0.39 is 34.6 Å². The van der Waals surface area contributed by atoms with E-state index >= 15 is 0 Å². The van der Waals surface area contributed by atoms with Crippen LogP contribution in [0.5, 0.6) is 0 Å². The molecular weight excluding hydrogens is 422 g/mol. The van der Waals surface area contributed by atoms with E-state index in [9.17, 15) is 36.4 Å². The molecule has 3 aromatic rings. The first-order valence-corrected chi connectivity index (χ1v) is 8.90. The topological polar surface area (TPSA) is 45.8 Å². The Bertz CT molecular complexity index is 1200. The number of halogens is 6. The molecule has 0 unspecified atom stereocenters. The second-order valence-corrected chi connectivity index (χ2v) is 6.88. The van der Waals surface area contributed by atoms with Crippen molar-refractivity contribution < 1.29 is 26.3 Å². The molecule has 0 aliphatic heterocycles. The van der Waals surface area contributed by atoms with E-state index in [1.54, 1.807) is 19.1 Å². The van der Waals surface area contributed by atoms with Crippen molar-refractivity contribution >= 4 is 0 Å². The Morgan fingerprint density at radius 2 is 1.48 bits per heavy atom. The molecule has 0 aliphatic rings. The van der Waals surface area contributed by atoms with Crippen molar-refractivity contribution in [2.45, 2.75) is 25.8 Å². The van der Waals surface area contributed by atoms with Gasteiger partial charge in [0, 0.05) is 0 Å². The standard InChI is InChI=1S/C22H14F6N2O/c1-13-2-6-15(7-3-13)19-10-18(22(26,27)28)17(11-29)20(31)30(19)12-14-4-8-16(9-5-14)21(23,24)25/h2-10H,12H2,1H3. The lowest BCUT2D eigenvalue weighted by Crippen LogP contribution is -2.28. The molecule has 1 aromatic heterocycles. The molecule has 3 nitrogen and oxygen atoms in total. The highest BCUT2D eigenvalue weighted by atomic mass is 19.4. The summed E-state index contributed by atoms with van der Waals surface area (Å²) < 4.78 is 79.8. The maximum Gasteiger partial charge on any atom is 0.417 e. The minimum Gasteiger partial charge on any atom is -0.303 e. The first kappa shape index (κ1) is 22.2. The van der Waals surface area contributed by atoms with E-state index in [-0.39, 0.29) is 17.8 Å². The molecule has 0 aliphatic carbocycles. The Morgan fingerprint density at radius 1 is 0.903 bits per heavy atom. The largest absolute Gasteiger partial charge is 0.417 e. The van der Waals surface area contributed by atoms with E-state index in [0.717, 1.165) is 34.4 Å². The van der Waals surface area contributed by atoms with Crippen LogP contribution < -0.4 is 5.56 Å². The fraction of sp³-hybridized carbons (Fsp3) is 0.182. The summed E-state index contributed by atoms with van der Waals surface area (Å²) in [5.74, 6) is 0. The molecule has 2 aromatic carbocycles. The van der Waals surface area contributed by atoms with Crippen molar-refractivity contribution in [2.75, 3.05) is 0 Å². The number of nitrogens with zero attached hydrogens (tertiary/aromatic N) is 2. The van der Waals surface area contributed by atoms with Gasteiger partial charge in [0.2, 0.25) is 0 Å². The van der Waals surface area contributed by atoms with Gasteiger partial charge in [-0.1, -0.05) is 42.0 Å². The predicted octanol–water partition coefficient (Wildman–Crippen LogP) is 5.78. The molecule has 1 heterocycles. The van der Waals surface area contributed by atoms with E-state index in [0.29, 0.717) is 11.6 Å². The summed E-state index contributed by atoms with van der Waals surface area (Å²) in [4.78, 5) is 12.8. The Morgan fingerprint density at radius 3 is 1.97 bits per heavy atom. The fourth-order valence-corrected chi connectivity index (χ4v) is 3.08.